The van der Waals surface area contributed by atoms with Gasteiger partial charge >= 0.3 is 0 Å². The van der Waals surface area contributed by atoms with Crippen molar-refractivity contribution in [1.29, 1.82) is 0 Å². The molecule has 0 bridgehead atoms. The number of rotatable bonds is 7. The molecule has 1 saturated carbocycles. The zero-order valence-corrected chi connectivity index (χ0v) is 11.7. The molecule has 0 spiro atoms. The second-order valence-electron chi connectivity index (χ2n) is 4.32. The van der Waals surface area contributed by atoms with Gasteiger partial charge in [-0.1, -0.05) is 6.92 Å². The number of thioether (sulfide) groups is 1. The lowest BCUT2D eigenvalue weighted by molar-refractivity contribution is 0.691. The Balaban J connectivity index is 1.81. The van der Waals surface area contributed by atoms with Crippen LogP contribution in [0.4, 0.5) is 0 Å². The lowest BCUT2D eigenvalue weighted by atomic mass is 10.4. The molecule has 2 nitrogen and oxygen atoms in total. The average molecular weight is 256 g/mol. The Morgan fingerprint density at radius 1 is 1.50 bits per heavy atom. The molecule has 4 heteroatoms. The summed E-state index contributed by atoms with van der Waals surface area (Å²) in [5.41, 5.74) is 1.23. The molecule has 1 aromatic rings. The van der Waals surface area contributed by atoms with Crippen LogP contribution in [0.15, 0.2) is 0 Å². The number of aromatic nitrogens is 1. The van der Waals surface area contributed by atoms with E-state index < -0.39 is 0 Å². The molecular formula is C12H20N2S2. The van der Waals surface area contributed by atoms with Gasteiger partial charge < -0.3 is 5.32 Å². The third kappa shape index (κ3) is 3.75. The summed E-state index contributed by atoms with van der Waals surface area (Å²) < 4.78 is 0. The third-order valence-electron chi connectivity index (χ3n) is 2.64. The van der Waals surface area contributed by atoms with E-state index in [2.05, 4.69) is 24.1 Å². The van der Waals surface area contributed by atoms with Crippen LogP contribution in [0.5, 0.6) is 0 Å². The fraction of sp³-hybridized carbons (Fsp3) is 0.750. The Morgan fingerprint density at radius 3 is 3.00 bits per heavy atom. The van der Waals surface area contributed by atoms with E-state index in [0.29, 0.717) is 0 Å². The van der Waals surface area contributed by atoms with E-state index >= 15 is 0 Å². The van der Waals surface area contributed by atoms with Crippen molar-refractivity contribution in [3.8, 4) is 0 Å². The van der Waals surface area contributed by atoms with Gasteiger partial charge in [0, 0.05) is 23.2 Å². The minimum absolute atomic E-state index is 0.791. The van der Waals surface area contributed by atoms with Gasteiger partial charge in [0.1, 0.15) is 5.01 Å². The standard InChI is InChI=1S/C12H20N2S2/c1-3-6-15-8-12-14-9(2)11(16-12)7-13-10-4-5-10/h10,13H,3-8H2,1-2H3. The van der Waals surface area contributed by atoms with Crippen molar-refractivity contribution in [2.24, 2.45) is 0 Å². The first-order valence-corrected chi connectivity index (χ1v) is 8.03. The van der Waals surface area contributed by atoms with E-state index in [9.17, 15) is 0 Å². The predicted molar refractivity (Wildman–Crippen MR) is 73.2 cm³/mol. The quantitative estimate of drug-likeness (QED) is 0.757. The Kier molecular flexibility index (Phi) is 4.67. The van der Waals surface area contributed by atoms with E-state index in [1.165, 1.54) is 40.6 Å². The minimum atomic E-state index is 0.791. The first-order valence-electron chi connectivity index (χ1n) is 6.06. The Bertz CT molecular complexity index is 332. The largest absolute Gasteiger partial charge is 0.309 e. The monoisotopic (exact) mass is 256 g/mol. The van der Waals surface area contributed by atoms with Crippen LogP contribution < -0.4 is 5.32 Å². The van der Waals surface area contributed by atoms with Gasteiger partial charge in [-0.15, -0.1) is 11.3 Å². The van der Waals surface area contributed by atoms with Crippen LogP contribution in [0.25, 0.3) is 0 Å². The zero-order chi connectivity index (χ0) is 11.4. The summed E-state index contributed by atoms with van der Waals surface area (Å²) in [5, 5.41) is 4.85. The fourth-order valence-corrected chi connectivity index (χ4v) is 3.52. The molecule has 1 fully saturated rings. The van der Waals surface area contributed by atoms with Crippen molar-refractivity contribution < 1.29 is 0 Å². The summed E-state index contributed by atoms with van der Waals surface area (Å²) >= 11 is 3.88. The van der Waals surface area contributed by atoms with Crippen LogP contribution in [0.2, 0.25) is 0 Å². The van der Waals surface area contributed by atoms with Crippen molar-refractivity contribution in [3.63, 3.8) is 0 Å². The van der Waals surface area contributed by atoms with E-state index in [4.69, 9.17) is 0 Å². The highest BCUT2D eigenvalue weighted by molar-refractivity contribution is 7.98. The SMILES string of the molecule is CCCSCc1nc(C)c(CNC2CC2)s1. The number of aryl methyl sites for hydroxylation is 1. The molecule has 2 rings (SSSR count). The maximum Gasteiger partial charge on any atom is 0.103 e. The van der Waals surface area contributed by atoms with Crippen LogP contribution in [0.1, 0.15) is 41.8 Å². The number of hydrogen-bond acceptors (Lipinski definition) is 4. The Labute approximate surface area is 106 Å². The van der Waals surface area contributed by atoms with Crippen molar-refractivity contribution in [2.45, 2.75) is 51.4 Å². The Hall–Kier alpha value is -0.0600. The topological polar surface area (TPSA) is 24.9 Å². The molecule has 0 atom stereocenters. The molecule has 0 aliphatic heterocycles. The summed E-state index contributed by atoms with van der Waals surface area (Å²) in [7, 11) is 0. The zero-order valence-electron chi connectivity index (χ0n) is 10.1. The van der Waals surface area contributed by atoms with Gasteiger partial charge in [-0.25, -0.2) is 4.98 Å². The number of thiazole rings is 1. The van der Waals surface area contributed by atoms with Crippen LogP contribution in [-0.4, -0.2) is 16.8 Å². The van der Waals surface area contributed by atoms with Gasteiger partial charge in [0.2, 0.25) is 0 Å². The molecule has 1 aliphatic rings. The molecule has 0 aromatic carbocycles. The summed E-state index contributed by atoms with van der Waals surface area (Å²) in [6.07, 6.45) is 3.97. The van der Waals surface area contributed by atoms with E-state index in [-0.39, 0.29) is 0 Å². The summed E-state index contributed by atoms with van der Waals surface area (Å²) in [4.78, 5) is 6.07. The van der Waals surface area contributed by atoms with Crippen molar-refractivity contribution in [2.75, 3.05) is 5.75 Å². The smallest absolute Gasteiger partial charge is 0.103 e. The number of nitrogens with zero attached hydrogens (tertiary/aromatic N) is 1. The van der Waals surface area contributed by atoms with Crippen molar-refractivity contribution >= 4 is 23.1 Å². The third-order valence-corrected chi connectivity index (χ3v) is 5.15. The first kappa shape index (κ1) is 12.4. The average Bonchev–Trinajstić information content (AvgIpc) is 3.02. The molecule has 90 valence electrons. The molecular weight excluding hydrogens is 236 g/mol. The van der Waals surface area contributed by atoms with Crippen LogP contribution in [0.3, 0.4) is 0 Å². The molecule has 0 amide bonds. The molecule has 1 aliphatic carbocycles. The molecule has 1 N–H and O–H groups in total. The molecule has 0 saturated heterocycles. The molecule has 1 aromatic heterocycles. The van der Waals surface area contributed by atoms with Gasteiger partial charge in [0.05, 0.1) is 5.69 Å². The minimum Gasteiger partial charge on any atom is -0.309 e. The molecule has 16 heavy (non-hydrogen) atoms. The van der Waals surface area contributed by atoms with Crippen LogP contribution in [-0.2, 0) is 12.3 Å². The lowest BCUT2D eigenvalue weighted by Gasteiger charge is -1.99. The van der Waals surface area contributed by atoms with Crippen molar-refractivity contribution in [1.82, 2.24) is 10.3 Å². The van der Waals surface area contributed by atoms with E-state index in [0.717, 1.165) is 18.3 Å². The normalized spacial score (nSPS) is 15.6. The number of nitrogens with one attached hydrogen (secondary N) is 1. The lowest BCUT2D eigenvalue weighted by Crippen LogP contribution is -2.14. The maximum atomic E-state index is 4.64. The van der Waals surface area contributed by atoms with Crippen LogP contribution in [0, 0.1) is 6.92 Å². The van der Waals surface area contributed by atoms with E-state index in [1.807, 2.05) is 23.1 Å². The highest BCUT2D eigenvalue weighted by Gasteiger charge is 2.20. The van der Waals surface area contributed by atoms with Crippen LogP contribution >= 0.6 is 23.1 Å². The summed E-state index contributed by atoms with van der Waals surface area (Å²) in [6.45, 7) is 5.38. The second-order valence-corrected chi connectivity index (χ2v) is 6.60. The van der Waals surface area contributed by atoms with Gasteiger partial charge in [-0.2, -0.15) is 11.8 Å². The highest BCUT2D eigenvalue weighted by atomic mass is 32.2. The van der Waals surface area contributed by atoms with Crippen molar-refractivity contribution in [3.05, 3.63) is 15.6 Å². The van der Waals surface area contributed by atoms with Gasteiger partial charge in [0.25, 0.3) is 0 Å². The second kappa shape index (κ2) is 6.03. The Morgan fingerprint density at radius 2 is 2.31 bits per heavy atom. The van der Waals surface area contributed by atoms with Gasteiger partial charge in [-0.05, 0) is 31.9 Å². The van der Waals surface area contributed by atoms with Gasteiger partial charge in [0.15, 0.2) is 0 Å². The predicted octanol–water partition coefficient (Wildman–Crippen LogP) is 3.35. The highest BCUT2D eigenvalue weighted by Crippen LogP contribution is 2.24. The molecule has 0 radical (unpaired) electrons. The molecule has 0 unspecified atom stereocenters. The van der Waals surface area contributed by atoms with E-state index in [1.54, 1.807) is 0 Å². The molecule has 1 heterocycles. The summed E-state index contributed by atoms with van der Waals surface area (Å²) in [5.74, 6) is 2.33. The number of hydrogen-bond donors (Lipinski definition) is 1. The van der Waals surface area contributed by atoms with Gasteiger partial charge in [-0.3, -0.25) is 0 Å². The summed E-state index contributed by atoms with van der Waals surface area (Å²) in [6, 6.07) is 0.791. The first-order chi connectivity index (χ1) is 7.79. The fourth-order valence-electron chi connectivity index (χ4n) is 1.54. The maximum absolute atomic E-state index is 4.64.